The van der Waals surface area contributed by atoms with Crippen LogP contribution >= 0.6 is 11.3 Å². The fourth-order valence-corrected chi connectivity index (χ4v) is 5.16. The summed E-state index contributed by atoms with van der Waals surface area (Å²) < 4.78 is 0. The Morgan fingerprint density at radius 3 is 2.68 bits per heavy atom. The van der Waals surface area contributed by atoms with E-state index in [1.807, 2.05) is 0 Å². The van der Waals surface area contributed by atoms with Crippen LogP contribution in [0.5, 0.6) is 0 Å². The molecule has 0 bridgehead atoms. The number of hydrogen-bond donors (Lipinski definition) is 2. The van der Waals surface area contributed by atoms with Crippen LogP contribution in [-0.4, -0.2) is 46.6 Å². The number of carbonyl (C=O) groups is 1. The van der Waals surface area contributed by atoms with Gasteiger partial charge in [-0.05, 0) is 37.4 Å². The highest BCUT2D eigenvalue weighted by atomic mass is 32.1. The van der Waals surface area contributed by atoms with Gasteiger partial charge in [0.05, 0.1) is 11.8 Å². The topological polar surface area (TPSA) is 65.5 Å². The molecule has 4 rings (SSSR count). The van der Waals surface area contributed by atoms with E-state index in [1.54, 1.807) is 11.3 Å². The number of piperidine rings is 2. The third-order valence-electron chi connectivity index (χ3n) is 6.33. The maximum Gasteiger partial charge on any atom is 0.220 e. The number of likely N-dealkylation sites (tertiary alicyclic amines) is 1. The summed E-state index contributed by atoms with van der Waals surface area (Å²) in [6, 6.07) is 8.71. The summed E-state index contributed by atoms with van der Waals surface area (Å²) in [5.41, 5.74) is 3.39. The Morgan fingerprint density at radius 2 is 2.00 bits per heavy atom. The molecule has 2 saturated heterocycles. The lowest BCUT2D eigenvalue weighted by Gasteiger charge is -2.46. The molecule has 0 radical (unpaired) electrons. The summed E-state index contributed by atoms with van der Waals surface area (Å²) in [5, 5.41) is 16.4. The summed E-state index contributed by atoms with van der Waals surface area (Å²) in [7, 11) is 0. The summed E-state index contributed by atoms with van der Waals surface area (Å²) in [4.78, 5) is 19.0. The molecule has 1 atom stereocenters. The highest BCUT2D eigenvalue weighted by Crippen LogP contribution is 2.40. The average molecular weight is 400 g/mol. The second kappa shape index (κ2) is 7.93. The molecule has 1 unspecified atom stereocenters. The Hall–Kier alpha value is -1.76. The van der Waals surface area contributed by atoms with Gasteiger partial charge >= 0.3 is 0 Å². The lowest BCUT2D eigenvalue weighted by molar-refractivity contribution is -0.134. The molecule has 0 saturated carbocycles. The number of aliphatic hydroxyl groups is 1. The molecule has 2 aliphatic rings. The third-order valence-corrected chi connectivity index (χ3v) is 7.27. The first-order valence-electron chi connectivity index (χ1n) is 10.2. The molecule has 2 fully saturated rings. The van der Waals surface area contributed by atoms with Crippen LogP contribution in [0, 0.1) is 5.41 Å². The molecule has 1 amide bonds. The van der Waals surface area contributed by atoms with E-state index in [0.717, 1.165) is 43.2 Å². The standard InChI is InChI=1S/C22H29N3O2S/c1-15(2)16-3-5-17(6-4-16)21-24-18(14-28-21)13-25-9-7-22(8-10-25)11-20(27)23-12-19(22)26/h3-6,14-15,19,26H,7-13H2,1-2H3,(H,23,27). The number of benzene rings is 1. The lowest BCUT2D eigenvalue weighted by Crippen LogP contribution is -2.55. The van der Waals surface area contributed by atoms with Crippen LogP contribution in [0.15, 0.2) is 29.6 Å². The molecule has 0 aliphatic carbocycles. The molecular formula is C22H29N3O2S. The number of β-amino-alcohol motifs (C(OH)–C–C–N with tert-alkyl or cyclic N) is 1. The van der Waals surface area contributed by atoms with Gasteiger partial charge in [-0.25, -0.2) is 4.98 Å². The average Bonchev–Trinajstić information content (AvgIpc) is 3.15. The van der Waals surface area contributed by atoms with Crippen molar-refractivity contribution in [3.05, 3.63) is 40.9 Å². The predicted octanol–water partition coefficient (Wildman–Crippen LogP) is 3.40. The summed E-state index contributed by atoms with van der Waals surface area (Å²) >= 11 is 1.70. The van der Waals surface area contributed by atoms with Crippen molar-refractivity contribution in [3.8, 4) is 10.6 Å². The van der Waals surface area contributed by atoms with Gasteiger partial charge in [-0.3, -0.25) is 9.69 Å². The van der Waals surface area contributed by atoms with Gasteiger partial charge in [0.2, 0.25) is 5.91 Å². The fraction of sp³-hybridized carbons (Fsp3) is 0.545. The summed E-state index contributed by atoms with van der Waals surface area (Å²) in [6.07, 6.45) is 1.77. The van der Waals surface area contributed by atoms with Crippen molar-refractivity contribution in [3.63, 3.8) is 0 Å². The van der Waals surface area contributed by atoms with E-state index in [-0.39, 0.29) is 11.3 Å². The van der Waals surface area contributed by atoms with E-state index in [0.29, 0.717) is 18.9 Å². The van der Waals surface area contributed by atoms with Crippen LogP contribution in [0.2, 0.25) is 0 Å². The first-order chi connectivity index (χ1) is 13.4. The van der Waals surface area contributed by atoms with Crippen molar-refractivity contribution >= 4 is 17.2 Å². The van der Waals surface area contributed by atoms with Gasteiger partial charge in [0, 0.05) is 35.9 Å². The number of nitrogens with one attached hydrogen (secondary N) is 1. The molecule has 1 spiro atoms. The van der Waals surface area contributed by atoms with Gasteiger partial charge in [-0.15, -0.1) is 11.3 Å². The molecule has 1 aromatic carbocycles. The second-order valence-electron chi connectivity index (χ2n) is 8.56. The Bertz CT molecular complexity index is 823. The van der Waals surface area contributed by atoms with Crippen LogP contribution in [0.4, 0.5) is 0 Å². The molecule has 6 heteroatoms. The van der Waals surface area contributed by atoms with E-state index in [1.165, 1.54) is 11.1 Å². The third kappa shape index (κ3) is 4.00. The zero-order chi connectivity index (χ0) is 19.7. The first-order valence-corrected chi connectivity index (χ1v) is 11.0. The quantitative estimate of drug-likeness (QED) is 0.827. The van der Waals surface area contributed by atoms with Crippen molar-refractivity contribution < 1.29 is 9.90 Å². The Balaban J connectivity index is 1.37. The molecule has 28 heavy (non-hydrogen) atoms. The Morgan fingerprint density at radius 1 is 1.29 bits per heavy atom. The van der Waals surface area contributed by atoms with E-state index in [2.05, 4.69) is 53.7 Å². The number of carbonyl (C=O) groups excluding carboxylic acids is 1. The van der Waals surface area contributed by atoms with Crippen molar-refractivity contribution in [1.29, 1.82) is 0 Å². The maximum atomic E-state index is 11.8. The number of aliphatic hydroxyl groups excluding tert-OH is 1. The minimum Gasteiger partial charge on any atom is -0.391 e. The molecule has 1 aromatic heterocycles. The van der Waals surface area contributed by atoms with Crippen molar-refractivity contribution in [2.24, 2.45) is 5.41 Å². The molecule has 5 nitrogen and oxygen atoms in total. The number of hydrogen-bond acceptors (Lipinski definition) is 5. The Labute approximate surface area is 170 Å². The van der Waals surface area contributed by atoms with E-state index in [9.17, 15) is 9.90 Å². The number of amides is 1. The normalized spacial score (nSPS) is 22.6. The smallest absolute Gasteiger partial charge is 0.220 e. The van der Waals surface area contributed by atoms with Crippen molar-refractivity contribution in [2.45, 2.75) is 51.7 Å². The summed E-state index contributed by atoms with van der Waals surface area (Å²) in [5.74, 6) is 0.614. The van der Waals surface area contributed by atoms with Crippen LogP contribution in [0.3, 0.4) is 0 Å². The van der Waals surface area contributed by atoms with Crippen LogP contribution in [0.1, 0.15) is 50.3 Å². The molecule has 150 valence electrons. The van der Waals surface area contributed by atoms with Gasteiger partial charge in [0.1, 0.15) is 5.01 Å². The summed E-state index contributed by atoms with van der Waals surface area (Å²) in [6.45, 7) is 7.44. The number of thiazole rings is 1. The lowest BCUT2D eigenvalue weighted by atomic mass is 9.69. The number of nitrogens with zero attached hydrogens (tertiary/aromatic N) is 2. The minimum absolute atomic E-state index is 0.0754. The number of rotatable bonds is 4. The van der Waals surface area contributed by atoms with Gasteiger partial charge in [-0.1, -0.05) is 38.1 Å². The molecule has 2 N–H and O–H groups in total. The molecular weight excluding hydrogens is 370 g/mol. The van der Waals surface area contributed by atoms with Crippen LogP contribution < -0.4 is 5.32 Å². The SMILES string of the molecule is CC(C)c1ccc(-c2nc(CN3CCC4(CC3)CC(=O)NCC4O)cs2)cc1. The maximum absolute atomic E-state index is 11.8. The Kier molecular flexibility index (Phi) is 5.54. The van der Waals surface area contributed by atoms with Crippen molar-refractivity contribution in [2.75, 3.05) is 19.6 Å². The highest BCUT2D eigenvalue weighted by molar-refractivity contribution is 7.13. The largest absolute Gasteiger partial charge is 0.391 e. The van der Waals surface area contributed by atoms with Crippen LogP contribution in [-0.2, 0) is 11.3 Å². The molecule has 3 heterocycles. The first kappa shape index (κ1) is 19.6. The predicted molar refractivity (Wildman–Crippen MR) is 112 cm³/mol. The minimum atomic E-state index is -0.424. The zero-order valence-electron chi connectivity index (χ0n) is 16.6. The van der Waals surface area contributed by atoms with Crippen molar-refractivity contribution in [1.82, 2.24) is 15.2 Å². The molecule has 2 aromatic rings. The van der Waals surface area contributed by atoms with E-state index >= 15 is 0 Å². The zero-order valence-corrected chi connectivity index (χ0v) is 17.5. The monoisotopic (exact) mass is 399 g/mol. The van der Waals surface area contributed by atoms with E-state index < -0.39 is 6.10 Å². The fourth-order valence-electron chi connectivity index (χ4n) is 4.35. The van der Waals surface area contributed by atoms with E-state index in [4.69, 9.17) is 4.98 Å². The van der Waals surface area contributed by atoms with Gasteiger partial charge in [-0.2, -0.15) is 0 Å². The van der Waals surface area contributed by atoms with Gasteiger partial charge < -0.3 is 10.4 Å². The van der Waals surface area contributed by atoms with Gasteiger partial charge in [0.25, 0.3) is 0 Å². The number of aromatic nitrogens is 1. The molecule has 2 aliphatic heterocycles. The second-order valence-corrected chi connectivity index (χ2v) is 9.41. The highest BCUT2D eigenvalue weighted by Gasteiger charge is 2.44. The van der Waals surface area contributed by atoms with Crippen LogP contribution in [0.25, 0.3) is 10.6 Å². The van der Waals surface area contributed by atoms with Gasteiger partial charge in [0.15, 0.2) is 0 Å².